The van der Waals surface area contributed by atoms with E-state index in [4.69, 9.17) is 4.74 Å². The second-order valence-corrected chi connectivity index (χ2v) is 8.50. The van der Waals surface area contributed by atoms with Gasteiger partial charge in [-0.1, -0.05) is 13.8 Å². The predicted molar refractivity (Wildman–Crippen MR) is 106 cm³/mol. The number of esters is 1. The van der Waals surface area contributed by atoms with Gasteiger partial charge in [-0.2, -0.15) is 0 Å². The van der Waals surface area contributed by atoms with Gasteiger partial charge in [-0.15, -0.1) is 0 Å². The summed E-state index contributed by atoms with van der Waals surface area (Å²) >= 11 is 0. The number of ether oxygens (including phenoxy) is 1. The van der Waals surface area contributed by atoms with Crippen LogP contribution >= 0.6 is 0 Å². The molecule has 0 unspecified atom stereocenters. The van der Waals surface area contributed by atoms with E-state index in [1.54, 1.807) is 0 Å². The summed E-state index contributed by atoms with van der Waals surface area (Å²) in [5.74, 6) is -1.39. The lowest BCUT2D eigenvalue weighted by Gasteiger charge is -2.17. The van der Waals surface area contributed by atoms with Crippen LogP contribution in [0.2, 0.25) is 0 Å². The van der Waals surface area contributed by atoms with Crippen LogP contribution in [0.4, 0.5) is 10.1 Å². The predicted octanol–water partition coefficient (Wildman–Crippen LogP) is 2.94. The van der Waals surface area contributed by atoms with Gasteiger partial charge in [0.1, 0.15) is 5.82 Å². The molecule has 0 saturated heterocycles. The average molecular weight is 422 g/mol. The third-order valence-corrected chi connectivity index (χ3v) is 5.62. The zero-order chi connectivity index (χ0) is 21.6. The highest BCUT2D eigenvalue weighted by Crippen LogP contribution is 2.17. The van der Waals surface area contributed by atoms with Crippen molar-refractivity contribution in [2.45, 2.75) is 31.7 Å². The van der Waals surface area contributed by atoms with Crippen LogP contribution in [0.5, 0.6) is 0 Å². The lowest BCUT2D eigenvalue weighted by Crippen LogP contribution is -2.38. The lowest BCUT2D eigenvalue weighted by molar-refractivity contribution is -0.125. The number of sulfonamides is 1. The quantitative estimate of drug-likeness (QED) is 0.637. The Balaban J connectivity index is 1.94. The number of anilines is 1. The van der Waals surface area contributed by atoms with Crippen LogP contribution in [0.15, 0.2) is 53.4 Å². The Kier molecular flexibility index (Phi) is 7.33. The monoisotopic (exact) mass is 422 g/mol. The lowest BCUT2D eigenvalue weighted by atomic mass is 10.1. The van der Waals surface area contributed by atoms with E-state index in [2.05, 4.69) is 10.0 Å². The Hall–Kier alpha value is -2.94. The van der Waals surface area contributed by atoms with E-state index >= 15 is 0 Å². The van der Waals surface area contributed by atoms with Gasteiger partial charge >= 0.3 is 5.97 Å². The van der Waals surface area contributed by atoms with Crippen LogP contribution < -0.4 is 10.0 Å². The molecule has 0 aromatic heterocycles. The van der Waals surface area contributed by atoms with Gasteiger partial charge < -0.3 is 10.1 Å². The normalized spacial score (nSPS) is 12.3. The summed E-state index contributed by atoms with van der Waals surface area (Å²) in [6.07, 6.45) is 0. The first kappa shape index (κ1) is 22.4. The Bertz CT molecular complexity index is 957. The molecule has 9 heteroatoms. The summed E-state index contributed by atoms with van der Waals surface area (Å²) in [4.78, 5) is 23.7. The summed E-state index contributed by atoms with van der Waals surface area (Å²) < 4.78 is 44.8. The van der Waals surface area contributed by atoms with Crippen molar-refractivity contribution in [3.8, 4) is 0 Å². The molecule has 1 amide bonds. The van der Waals surface area contributed by atoms with Crippen molar-refractivity contribution in [1.29, 1.82) is 0 Å². The maximum absolute atomic E-state index is 12.9. The van der Waals surface area contributed by atoms with Crippen LogP contribution in [-0.4, -0.2) is 32.9 Å². The number of nitrogens with one attached hydrogen (secondary N) is 2. The highest BCUT2D eigenvalue weighted by Gasteiger charge is 2.16. The summed E-state index contributed by atoms with van der Waals surface area (Å²) in [7, 11) is -3.89. The summed E-state index contributed by atoms with van der Waals surface area (Å²) in [6, 6.07) is 9.87. The highest BCUT2D eigenvalue weighted by molar-refractivity contribution is 7.92. The van der Waals surface area contributed by atoms with Crippen molar-refractivity contribution < 1.29 is 27.1 Å². The number of halogens is 1. The smallest absolute Gasteiger partial charge is 0.338 e. The molecule has 0 aliphatic rings. The standard InChI is InChI=1S/C20H23FN2O5S/c1-13(2)14(3)22-19(24)12-28-20(25)15-4-8-17(9-5-15)23-29(26,27)18-10-6-16(21)7-11-18/h4-11,13-14,23H,12H2,1-3H3,(H,22,24)/t14-/m0/s1. The van der Waals surface area contributed by atoms with Crippen molar-refractivity contribution in [3.63, 3.8) is 0 Å². The largest absolute Gasteiger partial charge is 0.452 e. The van der Waals surface area contributed by atoms with E-state index in [1.165, 1.54) is 24.3 Å². The van der Waals surface area contributed by atoms with Gasteiger partial charge in [0.25, 0.3) is 15.9 Å². The fraction of sp³-hybridized carbons (Fsp3) is 0.300. The van der Waals surface area contributed by atoms with Gasteiger partial charge in [0.2, 0.25) is 0 Å². The molecule has 2 N–H and O–H groups in total. The molecule has 0 heterocycles. The number of amides is 1. The number of carbonyl (C=O) groups is 2. The summed E-state index contributed by atoms with van der Waals surface area (Å²) in [5.41, 5.74) is 0.383. The summed E-state index contributed by atoms with van der Waals surface area (Å²) in [5, 5.41) is 2.72. The molecule has 0 spiro atoms. The molecule has 0 fully saturated rings. The molecule has 156 valence electrons. The van der Waals surface area contributed by atoms with Crippen LogP contribution in [0.25, 0.3) is 0 Å². The van der Waals surface area contributed by atoms with E-state index in [-0.39, 0.29) is 28.1 Å². The molecule has 0 radical (unpaired) electrons. The molecule has 1 atom stereocenters. The topological polar surface area (TPSA) is 102 Å². The van der Waals surface area contributed by atoms with Crippen LogP contribution in [-0.2, 0) is 19.6 Å². The second-order valence-electron chi connectivity index (χ2n) is 6.81. The molecule has 2 rings (SSSR count). The first-order valence-electron chi connectivity index (χ1n) is 8.93. The molecular weight excluding hydrogens is 399 g/mol. The van der Waals surface area contributed by atoms with Gasteiger partial charge in [0, 0.05) is 11.7 Å². The third-order valence-electron chi connectivity index (χ3n) is 4.22. The number of hydrogen-bond donors (Lipinski definition) is 2. The zero-order valence-electron chi connectivity index (χ0n) is 16.3. The van der Waals surface area contributed by atoms with E-state index in [0.29, 0.717) is 0 Å². The van der Waals surface area contributed by atoms with Crippen molar-refractivity contribution >= 4 is 27.6 Å². The number of benzene rings is 2. The van der Waals surface area contributed by atoms with Crippen LogP contribution in [0, 0.1) is 11.7 Å². The maximum Gasteiger partial charge on any atom is 0.338 e. The SMILES string of the molecule is CC(C)[C@H](C)NC(=O)COC(=O)c1ccc(NS(=O)(=O)c2ccc(F)cc2)cc1. The molecular formula is C20H23FN2O5S. The van der Waals surface area contributed by atoms with Crippen LogP contribution in [0.3, 0.4) is 0 Å². The van der Waals surface area contributed by atoms with Crippen molar-refractivity contribution in [2.75, 3.05) is 11.3 Å². The Labute approximate surface area is 169 Å². The van der Waals surface area contributed by atoms with Gasteiger partial charge in [-0.05, 0) is 61.4 Å². The minimum atomic E-state index is -3.89. The molecule has 2 aromatic carbocycles. The van der Waals surface area contributed by atoms with Crippen LogP contribution in [0.1, 0.15) is 31.1 Å². The maximum atomic E-state index is 12.9. The Morgan fingerprint density at radius 2 is 1.59 bits per heavy atom. The van der Waals surface area contributed by atoms with E-state index in [1.807, 2.05) is 20.8 Å². The van der Waals surface area contributed by atoms with Crippen molar-refractivity contribution in [2.24, 2.45) is 5.92 Å². The first-order chi connectivity index (χ1) is 13.6. The van der Waals surface area contributed by atoms with Gasteiger partial charge in [-0.25, -0.2) is 17.6 Å². The average Bonchev–Trinajstić information content (AvgIpc) is 2.66. The molecule has 0 saturated carbocycles. The minimum absolute atomic E-state index is 0.0467. The fourth-order valence-corrected chi connectivity index (χ4v) is 3.24. The van der Waals surface area contributed by atoms with Crippen molar-refractivity contribution in [3.05, 3.63) is 59.9 Å². The van der Waals surface area contributed by atoms with Gasteiger partial charge in [-0.3, -0.25) is 9.52 Å². The molecule has 0 aliphatic carbocycles. The number of hydrogen-bond acceptors (Lipinski definition) is 5. The van der Waals surface area contributed by atoms with Crippen molar-refractivity contribution in [1.82, 2.24) is 5.32 Å². The Morgan fingerprint density at radius 1 is 1.00 bits per heavy atom. The highest BCUT2D eigenvalue weighted by atomic mass is 32.2. The minimum Gasteiger partial charge on any atom is -0.452 e. The van der Waals surface area contributed by atoms with Gasteiger partial charge in [0.05, 0.1) is 10.5 Å². The number of rotatable bonds is 8. The van der Waals surface area contributed by atoms with E-state index in [0.717, 1.165) is 24.3 Å². The molecule has 0 bridgehead atoms. The zero-order valence-corrected chi connectivity index (χ0v) is 17.1. The van der Waals surface area contributed by atoms with E-state index < -0.39 is 34.3 Å². The molecule has 7 nitrogen and oxygen atoms in total. The second kappa shape index (κ2) is 9.51. The summed E-state index contributed by atoms with van der Waals surface area (Å²) in [6.45, 7) is 5.37. The van der Waals surface area contributed by atoms with E-state index in [9.17, 15) is 22.4 Å². The molecule has 2 aromatic rings. The molecule has 0 aliphatic heterocycles. The first-order valence-corrected chi connectivity index (χ1v) is 10.4. The third kappa shape index (κ3) is 6.56. The molecule has 29 heavy (non-hydrogen) atoms. The van der Waals surface area contributed by atoms with Gasteiger partial charge in [0.15, 0.2) is 6.61 Å². The number of carbonyl (C=O) groups excluding carboxylic acids is 2. The fourth-order valence-electron chi connectivity index (χ4n) is 2.18. The Morgan fingerprint density at radius 3 is 2.14 bits per heavy atom.